The van der Waals surface area contributed by atoms with Crippen molar-refractivity contribution in [3.8, 4) is 11.4 Å². The maximum Gasteiger partial charge on any atom is 0.417 e. The van der Waals surface area contributed by atoms with Crippen LogP contribution in [0.25, 0.3) is 33.6 Å². The van der Waals surface area contributed by atoms with Crippen molar-refractivity contribution in [2.45, 2.75) is 31.5 Å². The average Bonchev–Trinajstić information content (AvgIpc) is 3.19. The number of nitrogens with zero attached hydrogens (tertiary/aromatic N) is 5. The standard InChI is InChI=1S/C20H20F3N5O3S/c1-5-28-15-9-16(32(30,31)6-2)12(8-14(15)26(3)19(28)29)17-25-13-7-11(20(21,22)23)10-24-18(13)27(17)4/h7-10H,5-6H2,1-4H3. The van der Waals surface area contributed by atoms with Gasteiger partial charge in [-0.3, -0.25) is 9.13 Å². The summed E-state index contributed by atoms with van der Waals surface area (Å²) in [4.78, 5) is 20.7. The van der Waals surface area contributed by atoms with Crippen LogP contribution in [-0.4, -0.2) is 37.8 Å². The lowest BCUT2D eigenvalue weighted by Gasteiger charge is -2.11. The quantitative estimate of drug-likeness (QED) is 0.460. The molecule has 0 aliphatic heterocycles. The molecule has 3 heterocycles. The zero-order valence-corrected chi connectivity index (χ0v) is 18.5. The van der Waals surface area contributed by atoms with Crippen molar-refractivity contribution in [2.75, 3.05) is 5.75 Å². The number of alkyl halides is 3. The lowest BCUT2D eigenvalue weighted by molar-refractivity contribution is -0.137. The number of halogens is 3. The van der Waals surface area contributed by atoms with Crippen molar-refractivity contribution < 1.29 is 21.6 Å². The number of hydrogen-bond donors (Lipinski definition) is 0. The van der Waals surface area contributed by atoms with Gasteiger partial charge < -0.3 is 4.57 Å². The predicted octanol–water partition coefficient (Wildman–Crippen LogP) is 3.12. The van der Waals surface area contributed by atoms with Gasteiger partial charge >= 0.3 is 11.9 Å². The molecule has 0 aliphatic rings. The Balaban J connectivity index is 2.11. The molecule has 8 nitrogen and oxygen atoms in total. The molecule has 0 atom stereocenters. The Hall–Kier alpha value is -3.15. The maximum absolute atomic E-state index is 13.1. The predicted molar refractivity (Wildman–Crippen MR) is 113 cm³/mol. The van der Waals surface area contributed by atoms with Crippen molar-refractivity contribution in [2.24, 2.45) is 14.1 Å². The van der Waals surface area contributed by atoms with E-state index in [1.54, 1.807) is 21.0 Å². The van der Waals surface area contributed by atoms with Crippen LogP contribution >= 0.6 is 0 Å². The number of aryl methyl sites for hydroxylation is 3. The van der Waals surface area contributed by atoms with Crippen molar-refractivity contribution in [1.82, 2.24) is 23.7 Å². The van der Waals surface area contributed by atoms with Gasteiger partial charge in [-0.2, -0.15) is 13.2 Å². The normalized spacial score (nSPS) is 12.8. The van der Waals surface area contributed by atoms with E-state index in [0.29, 0.717) is 23.8 Å². The van der Waals surface area contributed by atoms with Crippen LogP contribution in [0.1, 0.15) is 19.4 Å². The molecule has 0 bridgehead atoms. The maximum atomic E-state index is 13.1. The Morgan fingerprint density at radius 2 is 1.72 bits per heavy atom. The van der Waals surface area contributed by atoms with Crippen LogP contribution in [0.4, 0.5) is 13.2 Å². The molecule has 0 saturated heterocycles. The van der Waals surface area contributed by atoms with E-state index >= 15 is 0 Å². The van der Waals surface area contributed by atoms with Crippen LogP contribution < -0.4 is 5.69 Å². The third-order valence-corrected chi connectivity index (χ3v) is 7.32. The van der Waals surface area contributed by atoms with E-state index in [0.717, 1.165) is 6.07 Å². The molecule has 4 rings (SSSR count). The van der Waals surface area contributed by atoms with Crippen molar-refractivity contribution in [3.05, 3.63) is 40.4 Å². The van der Waals surface area contributed by atoms with Crippen LogP contribution in [0, 0.1) is 0 Å². The third-order valence-electron chi connectivity index (χ3n) is 5.56. The topological polar surface area (TPSA) is 91.8 Å². The Morgan fingerprint density at radius 1 is 1.03 bits per heavy atom. The van der Waals surface area contributed by atoms with Gasteiger partial charge in [-0.1, -0.05) is 6.92 Å². The monoisotopic (exact) mass is 467 g/mol. The highest BCUT2D eigenvalue weighted by molar-refractivity contribution is 7.91. The molecular formula is C20H20F3N5O3S. The number of benzene rings is 1. The highest BCUT2D eigenvalue weighted by Gasteiger charge is 2.32. The minimum atomic E-state index is -4.59. The van der Waals surface area contributed by atoms with Gasteiger partial charge in [0.2, 0.25) is 0 Å². The third kappa shape index (κ3) is 3.20. The fraction of sp³-hybridized carbons (Fsp3) is 0.350. The molecule has 0 N–H and O–H groups in total. The van der Waals surface area contributed by atoms with Gasteiger partial charge in [0.25, 0.3) is 0 Å². The first-order valence-electron chi connectivity index (χ1n) is 9.76. The molecule has 32 heavy (non-hydrogen) atoms. The van der Waals surface area contributed by atoms with Gasteiger partial charge in [0, 0.05) is 32.4 Å². The SMILES string of the molecule is CCn1c(=O)n(C)c2cc(-c3nc4cc(C(F)(F)F)cnc4n3C)c(S(=O)(=O)CC)cc21. The minimum absolute atomic E-state index is 0.0164. The van der Waals surface area contributed by atoms with Gasteiger partial charge in [0.1, 0.15) is 11.3 Å². The molecule has 1 aromatic carbocycles. The summed E-state index contributed by atoms with van der Waals surface area (Å²) in [6.07, 6.45) is -3.87. The van der Waals surface area contributed by atoms with Gasteiger partial charge in [-0.15, -0.1) is 0 Å². The fourth-order valence-electron chi connectivity index (χ4n) is 3.79. The first-order valence-corrected chi connectivity index (χ1v) is 11.4. The summed E-state index contributed by atoms with van der Waals surface area (Å²) < 4.78 is 69.5. The van der Waals surface area contributed by atoms with E-state index in [4.69, 9.17) is 0 Å². The van der Waals surface area contributed by atoms with Crippen LogP contribution in [0.2, 0.25) is 0 Å². The van der Waals surface area contributed by atoms with Crippen LogP contribution in [-0.2, 0) is 36.7 Å². The Bertz CT molecular complexity index is 1540. The van der Waals surface area contributed by atoms with Crippen molar-refractivity contribution in [1.29, 1.82) is 0 Å². The lowest BCUT2D eigenvalue weighted by atomic mass is 10.1. The number of aromatic nitrogens is 5. The minimum Gasteiger partial charge on any atom is -0.312 e. The van der Waals surface area contributed by atoms with E-state index in [2.05, 4.69) is 9.97 Å². The molecule has 0 aliphatic carbocycles. The largest absolute Gasteiger partial charge is 0.417 e. The second-order valence-corrected chi connectivity index (χ2v) is 9.63. The molecule has 4 aromatic rings. The van der Waals surface area contributed by atoms with Crippen LogP contribution in [0.3, 0.4) is 0 Å². The van der Waals surface area contributed by atoms with Gasteiger partial charge in [0.15, 0.2) is 15.5 Å². The number of pyridine rings is 1. The molecule has 0 amide bonds. The van der Waals surface area contributed by atoms with E-state index in [1.165, 1.54) is 32.8 Å². The molecule has 0 unspecified atom stereocenters. The highest BCUT2D eigenvalue weighted by atomic mass is 32.2. The zero-order valence-electron chi connectivity index (χ0n) is 17.7. The first-order chi connectivity index (χ1) is 14.9. The smallest absolute Gasteiger partial charge is 0.312 e. The Kier molecular flexibility index (Phi) is 4.96. The van der Waals surface area contributed by atoms with Gasteiger partial charge in [-0.05, 0) is 25.1 Å². The van der Waals surface area contributed by atoms with Crippen molar-refractivity contribution >= 4 is 32.0 Å². The number of fused-ring (bicyclic) bond motifs is 2. The fourth-order valence-corrected chi connectivity index (χ4v) is 4.88. The summed E-state index contributed by atoms with van der Waals surface area (Å²) in [5.74, 6) is -0.0628. The van der Waals surface area contributed by atoms with E-state index in [-0.39, 0.29) is 38.9 Å². The second kappa shape index (κ2) is 7.19. The summed E-state index contributed by atoms with van der Waals surface area (Å²) in [6, 6.07) is 3.85. The van der Waals surface area contributed by atoms with Crippen LogP contribution in [0.5, 0.6) is 0 Å². The molecule has 0 spiro atoms. The summed E-state index contributed by atoms with van der Waals surface area (Å²) >= 11 is 0. The molecular weight excluding hydrogens is 447 g/mol. The summed E-state index contributed by atoms with van der Waals surface area (Å²) in [5, 5.41) is 0. The second-order valence-electron chi connectivity index (χ2n) is 7.39. The number of rotatable bonds is 4. The van der Waals surface area contributed by atoms with E-state index in [1.807, 2.05) is 0 Å². The average molecular weight is 467 g/mol. The van der Waals surface area contributed by atoms with E-state index in [9.17, 15) is 26.4 Å². The molecule has 3 aromatic heterocycles. The summed E-state index contributed by atoms with van der Waals surface area (Å²) in [6.45, 7) is 3.61. The number of imidazole rings is 2. The first kappa shape index (κ1) is 22.1. The highest BCUT2D eigenvalue weighted by Crippen LogP contribution is 2.35. The Labute approximate surface area is 180 Å². The summed E-state index contributed by atoms with van der Waals surface area (Å²) in [5.41, 5.74) is 0.0299. The number of sulfone groups is 1. The molecule has 0 radical (unpaired) electrons. The van der Waals surface area contributed by atoms with E-state index < -0.39 is 21.6 Å². The number of hydrogen-bond acceptors (Lipinski definition) is 5. The molecule has 0 saturated carbocycles. The van der Waals surface area contributed by atoms with Gasteiger partial charge in [0.05, 0.1) is 27.2 Å². The zero-order chi connectivity index (χ0) is 23.6. The van der Waals surface area contributed by atoms with Crippen LogP contribution in [0.15, 0.2) is 34.1 Å². The van der Waals surface area contributed by atoms with Crippen molar-refractivity contribution in [3.63, 3.8) is 0 Å². The lowest BCUT2D eigenvalue weighted by Crippen LogP contribution is -2.21. The van der Waals surface area contributed by atoms with Gasteiger partial charge in [-0.25, -0.2) is 23.2 Å². The summed E-state index contributed by atoms with van der Waals surface area (Å²) in [7, 11) is -0.642. The molecule has 170 valence electrons. The Morgan fingerprint density at radius 3 is 2.31 bits per heavy atom. The molecule has 0 fully saturated rings. The molecule has 12 heteroatoms.